The van der Waals surface area contributed by atoms with Gasteiger partial charge >= 0.3 is 5.97 Å². The van der Waals surface area contributed by atoms with Crippen LogP contribution in [0.4, 0.5) is 5.69 Å². The number of ether oxygens (including phenoxy) is 1. The molecule has 8 heteroatoms. The molecule has 0 spiro atoms. The SMILES string of the molecule is CC(C)(C)OC(=O)CN1C(=O)C(=Cc2c[nH]c3ccccc23)c2nnc(-c3ccccc3)n2-c2ccccc21. The van der Waals surface area contributed by atoms with Crippen LogP contribution in [0.2, 0.25) is 0 Å². The van der Waals surface area contributed by atoms with Crippen molar-refractivity contribution >= 4 is 40.1 Å². The number of carbonyl (C=O) groups excluding carboxylic acids is 2. The van der Waals surface area contributed by atoms with E-state index in [1.165, 1.54) is 4.90 Å². The van der Waals surface area contributed by atoms with Gasteiger partial charge in [0, 0.05) is 28.2 Å². The molecule has 1 aliphatic heterocycles. The summed E-state index contributed by atoms with van der Waals surface area (Å²) >= 11 is 0. The molecule has 1 aliphatic rings. The molecule has 39 heavy (non-hydrogen) atoms. The number of aromatic amines is 1. The molecule has 1 N–H and O–H groups in total. The van der Waals surface area contributed by atoms with E-state index in [0.717, 1.165) is 22.0 Å². The number of hydrogen-bond donors (Lipinski definition) is 1. The Balaban J connectivity index is 1.59. The molecule has 0 atom stereocenters. The third kappa shape index (κ3) is 4.50. The van der Waals surface area contributed by atoms with Gasteiger partial charge in [-0.05, 0) is 45.0 Å². The van der Waals surface area contributed by atoms with Gasteiger partial charge in [-0.3, -0.25) is 19.1 Å². The average Bonchev–Trinajstić information content (AvgIpc) is 3.52. The van der Waals surface area contributed by atoms with Crippen molar-refractivity contribution in [1.29, 1.82) is 0 Å². The zero-order chi connectivity index (χ0) is 27.1. The van der Waals surface area contributed by atoms with Gasteiger partial charge in [0.15, 0.2) is 11.6 Å². The average molecular weight is 518 g/mol. The van der Waals surface area contributed by atoms with Crippen LogP contribution < -0.4 is 4.90 Å². The van der Waals surface area contributed by atoms with Crippen molar-refractivity contribution in [2.45, 2.75) is 26.4 Å². The third-order valence-corrected chi connectivity index (χ3v) is 6.45. The van der Waals surface area contributed by atoms with Gasteiger partial charge < -0.3 is 9.72 Å². The third-order valence-electron chi connectivity index (χ3n) is 6.45. The molecule has 1 amide bonds. The lowest BCUT2D eigenvalue weighted by atomic mass is 10.1. The number of H-pyrrole nitrogens is 1. The highest BCUT2D eigenvalue weighted by Gasteiger charge is 2.35. The number of rotatable bonds is 4. The number of fused-ring (bicyclic) bond motifs is 4. The molecule has 0 bridgehead atoms. The standard InChI is InChI=1S/C31H27N5O3/c1-31(2,3)39-27(37)19-35-25-15-9-10-16-26(25)36-28(20-11-5-4-6-12-20)33-34-29(36)23(30(35)38)17-21-18-32-24-14-8-7-13-22(21)24/h4-18,32H,19H2,1-3H3. The van der Waals surface area contributed by atoms with Gasteiger partial charge in [0.05, 0.1) is 16.9 Å². The zero-order valence-electron chi connectivity index (χ0n) is 21.9. The van der Waals surface area contributed by atoms with Crippen molar-refractivity contribution in [3.05, 3.63) is 96.4 Å². The normalized spacial score (nSPS) is 14.3. The van der Waals surface area contributed by atoms with E-state index < -0.39 is 11.6 Å². The maximum absolute atomic E-state index is 14.3. The number of anilines is 1. The van der Waals surface area contributed by atoms with Crippen LogP contribution in [-0.2, 0) is 14.3 Å². The summed E-state index contributed by atoms with van der Waals surface area (Å²) in [6.07, 6.45) is 3.67. The second kappa shape index (κ2) is 9.40. The van der Waals surface area contributed by atoms with E-state index in [2.05, 4.69) is 15.2 Å². The summed E-state index contributed by atoms with van der Waals surface area (Å²) in [4.78, 5) is 32.1. The molecule has 8 nitrogen and oxygen atoms in total. The lowest BCUT2D eigenvalue weighted by Crippen LogP contribution is -2.39. The maximum atomic E-state index is 14.3. The van der Waals surface area contributed by atoms with Crippen LogP contribution >= 0.6 is 0 Å². The number of amides is 1. The zero-order valence-corrected chi connectivity index (χ0v) is 21.9. The molecular weight excluding hydrogens is 490 g/mol. The Morgan fingerprint density at radius 3 is 2.33 bits per heavy atom. The van der Waals surface area contributed by atoms with Crippen molar-refractivity contribution < 1.29 is 14.3 Å². The Morgan fingerprint density at radius 2 is 1.56 bits per heavy atom. The van der Waals surface area contributed by atoms with Crippen molar-refractivity contribution in [2.75, 3.05) is 11.4 Å². The van der Waals surface area contributed by atoms with Crippen LogP contribution in [0, 0.1) is 0 Å². The highest BCUT2D eigenvalue weighted by molar-refractivity contribution is 6.31. The van der Waals surface area contributed by atoms with Crippen molar-refractivity contribution in [1.82, 2.24) is 19.7 Å². The highest BCUT2D eigenvalue weighted by atomic mass is 16.6. The van der Waals surface area contributed by atoms with Crippen LogP contribution in [0.25, 0.3) is 39.6 Å². The Bertz CT molecular complexity index is 1740. The van der Waals surface area contributed by atoms with Gasteiger partial charge in [-0.15, -0.1) is 10.2 Å². The highest BCUT2D eigenvalue weighted by Crippen LogP contribution is 2.38. The molecule has 0 unspecified atom stereocenters. The molecule has 0 saturated carbocycles. The fraction of sp³-hybridized carbons (Fsp3) is 0.161. The van der Waals surface area contributed by atoms with Crippen LogP contribution in [0.3, 0.4) is 0 Å². The molecule has 0 aliphatic carbocycles. The quantitative estimate of drug-likeness (QED) is 0.246. The Labute approximate surface area is 225 Å². The number of para-hydroxylation sites is 3. The summed E-state index contributed by atoms with van der Waals surface area (Å²) in [6.45, 7) is 5.16. The molecule has 0 saturated heterocycles. The minimum absolute atomic E-state index is 0.253. The largest absolute Gasteiger partial charge is 0.459 e. The molecule has 0 fully saturated rings. The number of carbonyl (C=O) groups is 2. The lowest BCUT2D eigenvalue weighted by molar-refractivity contribution is -0.153. The second-order valence-corrected chi connectivity index (χ2v) is 10.4. The summed E-state index contributed by atoms with van der Waals surface area (Å²) in [7, 11) is 0. The van der Waals surface area contributed by atoms with Crippen LogP contribution in [0.5, 0.6) is 0 Å². The molecule has 3 heterocycles. The summed E-state index contributed by atoms with van der Waals surface area (Å²) in [5, 5.41) is 10.0. The van der Waals surface area contributed by atoms with E-state index in [4.69, 9.17) is 4.74 Å². The predicted octanol–water partition coefficient (Wildman–Crippen LogP) is 5.64. The van der Waals surface area contributed by atoms with Crippen LogP contribution in [-0.4, -0.2) is 43.8 Å². The number of benzene rings is 3. The van der Waals surface area contributed by atoms with Gasteiger partial charge in [0.25, 0.3) is 5.91 Å². The first-order chi connectivity index (χ1) is 18.8. The Morgan fingerprint density at radius 1 is 0.897 bits per heavy atom. The summed E-state index contributed by atoms with van der Waals surface area (Å²) in [6, 6.07) is 25.0. The number of nitrogens with one attached hydrogen (secondary N) is 1. The Kier molecular flexibility index (Phi) is 5.87. The Hall–Kier alpha value is -4.98. The number of hydrogen-bond acceptors (Lipinski definition) is 5. The van der Waals surface area contributed by atoms with Crippen molar-refractivity contribution in [2.24, 2.45) is 0 Å². The van der Waals surface area contributed by atoms with E-state index in [0.29, 0.717) is 28.6 Å². The second-order valence-electron chi connectivity index (χ2n) is 10.4. The smallest absolute Gasteiger partial charge is 0.326 e. The fourth-order valence-corrected chi connectivity index (χ4v) is 4.85. The number of esters is 1. The van der Waals surface area contributed by atoms with Crippen molar-refractivity contribution in [3.63, 3.8) is 0 Å². The summed E-state index contributed by atoms with van der Waals surface area (Å²) < 4.78 is 7.49. The molecule has 0 radical (unpaired) electrons. The number of aromatic nitrogens is 4. The molecule has 2 aromatic heterocycles. The van der Waals surface area contributed by atoms with Crippen molar-refractivity contribution in [3.8, 4) is 17.1 Å². The van der Waals surface area contributed by atoms with E-state index in [1.54, 1.807) is 20.8 Å². The van der Waals surface area contributed by atoms with Gasteiger partial charge in [-0.2, -0.15) is 0 Å². The first kappa shape index (κ1) is 24.4. The number of nitrogens with zero attached hydrogens (tertiary/aromatic N) is 4. The first-order valence-electron chi connectivity index (χ1n) is 12.7. The van der Waals surface area contributed by atoms with Gasteiger partial charge in [0.1, 0.15) is 12.1 Å². The van der Waals surface area contributed by atoms with Gasteiger partial charge in [0.2, 0.25) is 0 Å². The topological polar surface area (TPSA) is 93.1 Å². The molecule has 3 aromatic carbocycles. The molecular formula is C31H27N5O3. The maximum Gasteiger partial charge on any atom is 0.326 e. The minimum atomic E-state index is -0.689. The molecule has 5 aromatic rings. The van der Waals surface area contributed by atoms with Crippen LogP contribution in [0.1, 0.15) is 32.2 Å². The minimum Gasteiger partial charge on any atom is -0.459 e. The van der Waals surface area contributed by atoms with Gasteiger partial charge in [-0.25, -0.2) is 0 Å². The molecule has 194 valence electrons. The summed E-state index contributed by atoms with van der Waals surface area (Å²) in [5.74, 6) is 0.112. The fourth-order valence-electron chi connectivity index (χ4n) is 4.85. The molecule has 6 rings (SSSR count). The summed E-state index contributed by atoms with van der Waals surface area (Å²) in [5.41, 5.74) is 3.51. The van der Waals surface area contributed by atoms with E-state index in [1.807, 2.05) is 95.7 Å². The lowest BCUT2D eigenvalue weighted by Gasteiger charge is -2.25. The van der Waals surface area contributed by atoms with E-state index in [-0.39, 0.29) is 12.5 Å². The van der Waals surface area contributed by atoms with E-state index >= 15 is 0 Å². The first-order valence-corrected chi connectivity index (χ1v) is 12.7. The monoisotopic (exact) mass is 517 g/mol. The van der Waals surface area contributed by atoms with Crippen LogP contribution in [0.15, 0.2) is 85.1 Å². The predicted molar refractivity (Wildman–Crippen MR) is 151 cm³/mol. The van der Waals surface area contributed by atoms with Gasteiger partial charge in [-0.1, -0.05) is 60.7 Å². The van der Waals surface area contributed by atoms with E-state index in [9.17, 15) is 9.59 Å².